The number of carbonyl (C=O) groups excluding carboxylic acids is 7. The molecule has 59 heavy (non-hydrogen) atoms. The van der Waals surface area contributed by atoms with E-state index in [-0.39, 0.29) is 17.9 Å². The third kappa shape index (κ3) is 14.5. The van der Waals surface area contributed by atoms with E-state index in [1.807, 2.05) is 33.8 Å². The van der Waals surface area contributed by atoms with Crippen molar-refractivity contribution < 1.29 is 48.1 Å². The number of likely N-dealkylation sites (N-methyl/N-ethyl adjacent to an activating group) is 3. The normalized spacial score (nSPS) is 29.7. The molecule has 336 valence electrons. The van der Waals surface area contributed by atoms with Crippen molar-refractivity contribution in [3.8, 4) is 0 Å². The van der Waals surface area contributed by atoms with Crippen molar-refractivity contribution in [2.75, 3.05) is 27.7 Å². The Morgan fingerprint density at radius 1 is 0.814 bits per heavy atom. The van der Waals surface area contributed by atoms with Crippen LogP contribution in [0.2, 0.25) is 0 Å². The van der Waals surface area contributed by atoms with Crippen LogP contribution in [-0.2, 0) is 43.0 Å². The number of hydrogen-bond acceptors (Lipinski definition) is 10. The molecule has 0 unspecified atom stereocenters. The first-order chi connectivity index (χ1) is 27.4. The molecule has 0 aromatic heterocycles. The van der Waals surface area contributed by atoms with E-state index >= 15 is 0 Å². The van der Waals surface area contributed by atoms with E-state index in [1.54, 1.807) is 48.5 Å². The summed E-state index contributed by atoms with van der Waals surface area (Å²) in [5, 5.41) is 16.9. The van der Waals surface area contributed by atoms with Gasteiger partial charge in [-0.1, -0.05) is 87.8 Å². The molecule has 5 amide bonds. The highest BCUT2D eigenvalue weighted by atomic mass is 16.6. The van der Waals surface area contributed by atoms with Crippen LogP contribution in [-0.4, -0.2) is 131 Å². The number of rotatable bonds is 8. The number of allylic oxidation sites excluding steroid dienone is 1. The van der Waals surface area contributed by atoms with Gasteiger partial charge in [0, 0.05) is 38.6 Å². The predicted molar refractivity (Wildman–Crippen MR) is 226 cm³/mol. The molecule has 1 rings (SSSR count). The molecular formula is C44H75N5O10. The van der Waals surface area contributed by atoms with E-state index in [0.717, 1.165) is 0 Å². The lowest BCUT2D eigenvalue weighted by Gasteiger charge is -2.37. The van der Waals surface area contributed by atoms with Gasteiger partial charge in [-0.3, -0.25) is 24.0 Å². The molecule has 3 N–H and O–H groups in total. The predicted octanol–water partition coefficient (Wildman–Crippen LogP) is 4.02. The quantitative estimate of drug-likeness (QED) is 0.238. The SMILES string of the molecule is CC/C=C(\C)[C@H]1OC(=O)[C@H](C)N(C)C(=O)[C@H](C(C)C)NC(=O)CN(C)C(=O)[C@H]([C@H](C)CC)N(C)C(=O)[C@H](C(C)C)NC(=O)[C@@H]([C@@H](C)CC)OC(=O)/C(C)=C\C[C@H](O)[C@@H]1C. The van der Waals surface area contributed by atoms with Gasteiger partial charge in [0.1, 0.15) is 30.3 Å². The van der Waals surface area contributed by atoms with E-state index in [0.29, 0.717) is 24.8 Å². The number of amides is 5. The lowest BCUT2D eigenvalue weighted by molar-refractivity contribution is -0.160. The van der Waals surface area contributed by atoms with E-state index in [2.05, 4.69) is 10.6 Å². The molecule has 1 aliphatic rings. The van der Waals surface area contributed by atoms with Crippen LogP contribution >= 0.6 is 0 Å². The number of nitrogens with one attached hydrogen (secondary N) is 2. The number of ether oxygens (including phenoxy) is 2. The summed E-state index contributed by atoms with van der Waals surface area (Å²) in [6.45, 7) is 22.3. The Labute approximate surface area is 353 Å². The lowest BCUT2D eigenvalue weighted by atomic mass is 9.90. The van der Waals surface area contributed by atoms with Gasteiger partial charge >= 0.3 is 11.9 Å². The average Bonchev–Trinajstić information content (AvgIpc) is 3.18. The fourth-order valence-electron chi connectivity index (χ4n) is 6.86. The number of carbonyl (C=O) groups is 7. The van der Waals surface area contributed by atoms with Crippen LogP contribution in [0.4, 0.5) is 0 Å². The molecule has 0 saturated heterocycles. The number of esters is 2. The summed E-state index contributed by atoms with van der Waals surface area (Å²) in [4.78, 5) is 101. The number of hydrogen-bond donors (Lipinski definition) is 3. The summed E-state index contributed by atoms with van der Waals surface area (Å²) >= 11 is 0. The Morgan fingerprint density at radius 2 is 1.34 bits per heavy atom. The Hall–Kier alpha value is -4.27. The standard InChI is InChI=1S/C44H75N5O10/c1-17-20-28(10)37-30(12)32(50)22-21-29(11)43(56)59-38(27(9)19-3)39(52)46-35(25(6)7)41(54)49(16)36(26(8)18-2)42(55)47(14)23-33(51)45-34(24(4)5)40(53)48(15)31(13)44(57)58-37/h20-21,24-27,30-32,34-38,50H,17-19,22-23H2,1-16H3,(H,45,51)(H,46,52)/b28-20+,29-21-/t26-,27+,30+,31+,32+,34+,35+,36+,37-,38-/m1/s1. The smallest absolute Gasteiger partial charge is 0.334 e. The third-order valence-corrected chi connectivity index (χ3v) is 11.7. The number of aliphatic hydroxyl groups excluding tert-OH is 1. The van der Waals surface area contributed by atoms with E-state index in [4.69, 9.17) is 9.47 Å². The van der Waals surface area contributed by atoms with Gasteiger partial charge in [0.15, 0.2) is 6.10 Å². The Kier molecular flexibility index (Phi) is 21.5. The summed E-state index contributed by atoms with van der Waals surface area (Å²) < 4.78 is 11.8. The van der Waals surface area contributed by atoms with Crippen molar-refractivity contribution in [1.29, 1.82) is 0 Å². The Bertz CT molecular complexity index is 1540. The van der Waals surface area contributed by atoms with Crippen LogP contribution in [0, 0.1) is 29.6 Å². The molecule has 0 saturated carbocycles. The number of cyclic esters (lactones) is 2. The van der Waals surface area contributed by atoms with Gasteiger partial charge in [0.25, 0.3) is 5.91 Å². The zero-order valence-corrected chi connectivity index (χ0v) is 38.6. The van der Waals surface area contributed by atoms with Crippen molar-refractivity contribution in [1.82, 2.24) is 25.3 Å². The van der Waals surface area contributed by atoms with Crippen molar-refractivity contribution in [3.05, 3.63) is 23.3 Å². The summed E-state index contributed by atoms with van der Waals surface area (Å²) in [5.74, 6) is -6.70. The van der Waals surface area contributed by atoms with Crippen LogP contribution < -0.4 is 10.6 Å². The van der Waals surface area contributed by atoms with Gasteiger partial charge in [0.05, 0.1) is 12.6 Å². The van der Waals surface area contributed by atoms with Crippen molar-refractivity contribution in [2.45, 2.75) is 158 Å². The molecule has 1 heterocycles. The fraction of sp³-hybridized carbons (Fsp3) is 0.750. The van der Waals surface area contributed by atoms with Crippen LogP contribution in [0.25, 0.3) is 0 Å². The maximum atomic E-state index is 14.2. The van der Waals surface area contributed by atoms with Crippen molar-refractivity contribution >= 4 is 41.5 Å². The van der Waals surface area contributed by atoms with Gasteiger partial charge in [-0.2, -0.15) is 0 Å². The van der Waals surface area contributed by atoms with Gasteiger partial charge in [-0.05, 0) is 63.4 Å². The van der Waals surface area contributed by atoms with Crippen molar-refractivity contribution in [3.63, 3.8) is 0 Å². The van der Waals surface area contributed by atoms with Gasteiger partial charge < -0.3 is 39.9 Å². The molecule has 15 nitrogen and oxygen atoms in total. The van der Waals surface area contributed by atoms with Gasteiger partial charge in [-0.15, -0.1) is 0 Å². The maximum Gasteiger partial charge on any atom is 0.334 e. The minimum Gasteiger partial charge on any atom is -0.456 e. The van der Waals surface area contributed by atoms with Crippen LogP contribution in [0.15, 0.2) is 23.3 Å². The summed E-state index contributed by atoms with van der Waals surface area (Å²) in [5.41, 5.74) is 0.833. The van der Waals surface area contributed by atoms with E-state index in [9.17, 15) is 38.7 Å². The average molecular weight is 834 g/mol. The second kappa shape index (κ2) is 24.1. The van der Waals surface area contributed by atoms with Crippen LogP contribution in [0.1, 0.15) is 116 Å². The number of nitrogens with zero attached hydrogens (tertiary/aromatic N) is 3. The molecule has 0 bridgehead atoms. The molecule has 1 aliphatic heterocycles. The first kappa shape index (κ1) is 52.7. The molecule has 10 atom stereocenters. The zero-order valence-electron chi connectivity index (χ0n) is 38.6. The Balaban J connectivity index is 3.89. The molecule has 0 radical (unpaired) electrons. The first-order valence-corrected chi connectivity index (χ1v) is 21.2. The minimum atomic E-state index is -1.26. The highest BCUT2D eigenvalue weighted by Gasteiger charge is 2.40. The number of aliphatic hydroxyl groups is 1. The van der Waals surface area contributed by atoms with Gasteiger partial charge in [-0.25, -0.2) is 9.59 Å². The molecule has 0 aromatic carbocycles. The molecular weight excluding hydrogens is 759 g/mol. The summed E-state index contributed by atoms with van der Waals surface area (Å²) in [7, 11) is 4.36. The molecule has 15 heteroatoms. The highest BCUT2D eigenvalue weighted by Crippen LogP contribution is 2.25. The largest absolute Gasteiger partial charge is 0.456 e. The fourth-order valence-corrected chi connectivity index (χ4v) is 6.86. The summed E-state index contributed by atoms with van der Waals surface area (Å²) in [6, 6.07) is -4.26. The lowest BCUT2D eigenvalue weighted by Crippen LogP contribution is -2.60. The first-order valence-electron chi connectivity index (χ1n) is 21.2. The molecule has 0 fully saturated rings. The maximum absolute atomic E-state index is 14.2. The van der Waals surface area contributed by atoms with E-state index < -0.39 is 114 Å². The summed E-state index contributed by atoms with van der Waals surface area (Å²) in [6.07, 6.45) is 1.75. The van der Waals surface area contributed by atoms with Crippen LogP contribution in [0.3, 0.4) is 0 Å². The second-order valence-corrected chi connectivity index (χ2v) is 17.1. The second-order valence-electron chi connectivity index (χ2n) is 17.1. The van der Waals surface area contributed by atoms with E-state index in [1.165, 1.54) is 55.8 Å². The topological polar surface area (TPSA) is 192 Å². The highest BCUT2D eigenvalue weighted by molar-refractivity contribution is 5.96. The minimum absolute atomic E-state index is 0.0129. The van der Waals surface area contributed by atoms with Crippen LogP contribution in [0.5, 0.6) is 0 Å². The molecule has 0 aromatic rings. The molecule has 0 aliphatic carbocycles. The van der Waals surface area contributed by atoms with Gasteiger partial charge in [0.2, 0.25) is 23.6 Å². The zero-order chi connectivity index (χ0) is 45.6. The Morgan fingerprint density at radius 3 is 1.85 bits per heavy atom. The third-order valence-electron chi connectivity index (χ3n) is 11.7. The van der Waals surface area contributed by atoms with Crippen molar-refractivity contribution in [2.24, 2.45) is 29.6 Å². The monoisotopic (exact) mass is 834 g/mol. The molecule has 0 spiro atoms.